The SMILES string of the molecule is O=C(NCc1ccnc(OC(F)F)c1)N[C@H]1CCCC1(F)F. The van der Waals surface area contributed by atoms with Crippen molar-refractivity contribution in [2.45, 2.75) is 44.4 Å². The molecule has 0 aromatic carbocycles. The number of urea groups is 1. The standard InChI is InChI=1S/C13H15F4N3O2/c14-11(15)22-10-6-8(3-5-18-10)7-19-12(21)20-9-2-1-4-13(9,16)17/h3,5-6,9,11H,1-2,4,7H2,(H2,19,20,21)/t9-/m0/s1. The zero-order chi connectivity index (χ0) is 16.2. The van der Waals surface area contributed by atoms with E-state index in [4.69, 9.17) is 0 Å². The molecule has 1 fully saturated rings. The fraction of sp³-hybridized carbons (Fsp3) is 0.538. The Bertz CT molecular complexity index is 528. The highest BCUT2D eigenvalue weighted by atomic mass is 19.3. The number of carbonyl (C=O) groups is 1. The zero-order valence-electron chi connectivity index (χ0n) is 11.5. The number of amides is 2. The van der Waals surface area contributed by atoms with Crippen LogP contribution < -0.4 is 15.4 Å². The Kier molecular flexibility index (Phi) is 5.04. The van der Waals surface area contributed by atoms with Gasteiger partial charge in [0, 0.05) is 25.2 Å². The van der Waals surface area contributed by atoms with E-state index >= 15 is 0 Å². The van der Waals surface area contributed by atoms with Crippen LogP contribution in [0.25, 0.3) is 0 Å². The Labute approximate surface area is 124 Å². The van der Waals surface area contributed by atoms with Crippen LogP contribution in [0.3, 0.4) is 0 Å². The molecule has 1 aliphatic carbocycles. The largest absolute Gasteiger partial charge is 0.417 e. The van der Waals surface area contributed by atoms with Gasteiger partial charge in [0.15, 0.2) is 0 Å². The highest BCUT2D eigenvalue weighted by Crippen LogP contribution is 2.34. The van der Waals surface area contributed by atoms with Crippen LogP contribution in [0, 0.1) is 0 Å². The monoisotopic (exact) mass is 321 g/mol. The maximum atomic E-state index is 13.4. The second kappa shape index (κ2) is 6.80. The van der Waals surface area contributed by atoms with Crippen LogP contribution in [0.2, 0.25) is 0 Å². The summed E-state index contributed by atoms with van der Waals surface area (Å²) in [4.78, 5) is 15.2. The number of ether oxygens (including phenoxy) is 1. The molecular formula is C13H15F4N3O2. The van der Waals surface area contributed by atoms with E-state index in [1.165, 1.54) is 18.3 Å². The highest BCUT2D eigenvalue weighted by Gasteiger charge is 2.44. The highest BCUT2D eigenvalue weighted by molar-refractivity contribution is 5.74. The predicted molar refractivity (Wildman–Crippen MR) is 68.8 cm³/mol. The van der Waals surface area contributed by atoms with Gasteiger partial charge in [-0.05, 0) is 24.5 Å². The third-order valence-electron chi connectivity index (χ3n) is 3.28. The molecule has 0 spiro atoms. The van der Waals surface area contributed by atoms with Gasteiger partial charge in [-0.25, -0.2) is 18.6 Å². The molecular weight excluding hydrogens is 306 g/mol. The third kappa shape index (κ3) is 4.47. The molecule has 1 atom stereocenters. The first-order chi connectivity index (χ1) is 10.4. The van der Waals surface area contributed by atoms with Gasteiger partial charge in [-0.15, -0.1) is 0 Å². The lowest BCUT2D eigenvalue weighted by Gasteiger charge is -2.20. The molecule has 0 aliphatic heterocycles. The number of nitrogens with zero attached hydrogens (tertiary/aromatic N) is 1. The number of pyridine rings is 1. The molecule has 1 heterocycles. The smallest absolute Gasteiger partial charge is 0.388 e. The molecule has 122 valence electrons. The number of alkyl halides is 4. The van der Waals surface area contributed by atoms with Crippen LogP contribution in [-0.4, -0.2) is 29.6 Å². The molecule has 1 aromatic heterocycles. The summed E-state index contributed by atoms with van der Waals surface area (Å²) in [5.74, 6) is -3.18. The Hall–Kier alpha value is -2.06. The average Bonchev–Trinajstić information content (AvgIpc) is 2.75. The Morgan fingerprint density at radius 1 is 1.50 bits per heavy atom. The summed E-state index contributed by atoms with van der Waals surface area (Å²) in [5, 5.41) is 4.61. The van der Waals surface area contributed by atoms with Gasteiger partial charge in [0.2, 0.25) is 5.88 Å². The summed E-state index contributed by atoms with van der Waals surface area (Å²) in [6.45, 7) is -3.02. The first-order valence-electron chi connectivity index (χ1n) is 6.69. The van der Waals surface area contributed by atoms with E-state index in [9.17, 15) is 22.4 Å². The first-order valence-corrected chi connectivity index (χ1v) is 6.69. The van der Waals surface area contributed by atoms with Gasteiger partial charge in [-0.2, -0.15) is 8.78 Å². The van der Waals surface area contributed by atoms with E-state index < -0.39 is 24.6 Å². The van der Waals surface area contributed by atoms with Crippen LogP contribution in [0.1, 0.15) is 24.8 Å². The minimum Gasteiger partial charge on any atom is -0.417 e. The number of nitrogens with one attached hydrogen (secondary N) is 2. The summed E-state index contributed by atoms with van der Waals surface area (Å²) in [6, 6.07) is 0.807. The van der Waals surface area contributed by atoms with Gasteiger partial charge in [0.25, 0.3) is 5.92 Å². The van der Waals surface area contributed by atoms with E-state index in [0.717, 1.165) is 0 Å². The summed E-state index contributed by atoms with van der Waals surface area (Å²) >= 11 is 0. The fourth-order valence-electron chi connectivity index (χ4n) is 2.21. The quantitative estimate of drug-likeness (QED) is 0.820. The minimum absolute atomic E-state index is 0.0216. The lowest BCUT2D eigenvalue weighted by Crippen LogP contribution is -2.47. The Balaban J connectivity index is 1.83. The zero-order valence-corrected chi connectivity index (χ0v) is 11.5. The minimum atomic E-state index is -3.00. The van der Waals surface area contributed by atoms with Gasteiger partial charge < -0.3 is 15.4 Å². The van der Waals surface area contributed by atoms with Crippen molar-refractivity contribution in [3.8, 4) is 5.88 Å². The van der Waals surface area contributed by atoms with Crippen LogP contribution in [0.5, 0.6) is 5.88 Å². The maximum Gasteiger partial charge on any atom is 0.388 e. The number of rotatable bonds is 5. The van der Waals surface area contributed by atoms with Gasteiger partial charge in [0.05, 0.1) is 6.04 Å². The molecule has 2 N–H and O–H groups in total. The molecule has 0 bridgehead atoms. The van der Waals surface area contributed by atoms with E-state index in [1.807, 2.05) is 0 Å². The molecule has 2 rings (SSSR count). The van der Waals surface area contributed by atoms with E-state index in [-0.39, 0.29) is 25.3 Å². The van der Waals surface area contributed by atoms with Crippen molar-refractivity contribution in [1.82, 2.24) is 15.6 Å². The second-order valence-electron chi connectivity index (χ2n) is 4.91. The van der Waals surface area contributed by atoms with E-state index in [0.29, 0.717) is 12.0 Å². The van der Waals surface area contributed by atoms with Gasteiger partial charge in [-0.1, -0.05) is 0 Å². The van der Waals surface area contributed by atoms with Crippen molar-refractivity contribution in [3.05, 3.63) is 23.9 Å². The molecule has 0 unspecified atom stereocenters. The average molecular weight is 321 g/mol. The molecule has 1 aromatic rings. The lowest BCUT2D eigenvalue weighted by atomic mass is 10.2. The van der Waals surface area contributed by atoms with E-state index in [2.05, 4.69) is 20.4 Å². The van der Waals surface area contributed by atoms with Crippen LogP contribution in [0.4, 0.5) is 22.4 Å². The predicted octanol–water partition coefficient (Wildman–Crippen LogP) is 2.67. The summed E-state index contributed by atoms with van der Waals surface area (Å²) < 4.78 is 55.0. The van der Waals surface area contributed by atoms with Gasteiger partial charge >= 0.3 is 12.6 Å². The fourth-order valence-corrected chi connectivity index (χ4v) is 2.21. The molecule has 1 saturated carbocycles. The number of aromatic nitrogens is 1. The number of carbonyl (C=O) groups excluding carboxylic acids is 1. The summed E-state index contributed by atoms with van der Waals surface area (Å²) in [6.07, 6.45) is 1.59. The normalized spacial score (nSPS) is 20.0. The van der Waals surface area contributed by atoms with Crippen molar-refractivity contribution in [2.75, 3.05) is 0 Å². The molecule has 22 heavy (non-hydrogen) atoms. The summed E-state index contributed by atoms with van der Waals surface area (Å²) in [7, 11) is 0. The Morgan fingerprint density at radius 3 is 2.91 bits per heavy atom. The topological polar surface area (TPSA) is 63.2 Å². The van der Waals surface area contributed by atoms with Crippen LogP contribution in [-0.2, 0) is 6.54 Å². The van der Waals surface area contributed by atoms with Gasteiger partial charge in [0.1, 0.15) is 0 Å². The van der Waals surface area contributed by atoms with E-state index in [1.54, 1.807) is 0 Å². The van der Waals surface area contributed by atoms with Crippen molar-refractivity contribution in [2.24, 2.45) is 0 Å². The van der Waals surface area contributed by atoms with Crippen molar-refractivity contribution >= 4 is 6.03 Å². The molecule has 0 radical (unpaired) electrons. The third-order valence-corrected chi connectivity index (χ3v) is 3.28. The molecule has 2 amide bonds. The van der Waals surface area contributed by atoms with Gasteiger partial charge in [-0.3, -0.25) is 0 Å². The second-order valence-corrected chi connectivity index (χ2v) is 4.91. The lowest BCUT2D eigenvalue weighted by molar-refractivity contribution is -0.0529. The maximum absolute atomic E-state index is 13.4. The van der Waals surface area contributed by atoms with Crippen LogP contribution in [0.15, 0.2) is 18.3 Å². The van der Waals surface area contributed by atoms with Crippen molar-refractivity contribution in [3.63, 3.8) is 0 Å². The first kappa shape index (κ1) is 16.3. The summed E-state index contributed by atoms with van der Waals surface area (Å²) in [5.41, 5.74) is 0.457. The molecule has 5 nitrogen and oxygen atoms in total. The molecule has 1 aliphatic rings. The number of hydrogen-bond donors (Lipinski definition) is 2. The molecule has 9 heteroatoms. The molecule has 0 saturated heterocycles. The Morgan fingerprint density at radius 2 is 2.27 bits per heavy atom. The number of hydrogen-bond acceptors (Lipinski definition) is 3. The van der Waals surface area contributed by atoms with Crippen molar-refractivity contribution in [1.29, 1.82) is 0 Å². The van der Waals surface area contributed by atoms with Crippen molar-refractivity contribution < 1.29 is 27.1 Å². The van der Waals surface area contributed by atoms with Crippen LogP contribution >= 0.6 is 0 Å². The number of halogens is 4.